The Kier molecular flexibility index (Phi) is 4.45. The number of amidine groups is 1. The van der Waals surface area contributed by atoms with Crippen molar-refractivity contribution in [3.05, 3.63) is 46.0 Å². The summed E-state index contributed by atoms with van der Waals surface area (Å²) < 4.78 is 0. The molecule has 1 aromatic rings. The van der Waals surface area contributed by atoms with E-state index in [1.165, 1.54) is 11.8 Å². The average Bonchev–Trinajstić information content (AvgIpc) is 2.34. The van der Waals surface area contributed by atoms with Gasteiger partial charge < -0.3 is 0 Å². The molecule has 0 saturated heterocycles. The third-order valence-corrected chi connectivity index (χ3v) is 4.01. The third kappa shape index (κ3) is 3.47. The molecule has 19 heavy (non-hydrogen) atoms. The molecular weight excluding hydrogens is 303 g/mol. The summed E-state index contributed by atoms with van der Waals surface area (Å²) in [6.45, 7) is 5.36. The van der Waals surface area contributed by atoms with Gasteiger partial charge in [0.1, 0.15) is 0 Å². The first kappa shape index (κ1) is 14.3. The topological polar surface area (TPSA) is 41.8 Å². The van der Waals surface area contributed by atoms with Crippen LogP contribution in [0.4, 0.5) is 0 Å². The number of halogens is 2. The van der Waals surface area contributed by atoms with Crippen molar-refractivity contribution in [2.75, 3.05) is 0 Å². The highest BCUT2D eigenvalue weighted by Crippen LogP contribution is 2.26. The van der Waals surface area contributed by atoms with Crippen molar-refractivity contribution in [2.45, 2.75) is 12.7 Å². The molecule has 0 saturated carbocycles. The molecular formula is C13H10Cl2N2OS. The van der Waals surface area contributed by atoms with Crippen molar-refractivity contribution in [1.82, 2.24) is 0 Å². The molecule has 0 fully saturated rings. The lowest BCUT2D eigenvalue weighted by atomic mass is 10.2. The number of amides is 1. The zero-order chi connectivity index (χ0) is 14.0. The molecule has 2 rings (SSSR count). The summed E-state index contributed by atoms with van der Waals surface area (Å²) in [5.74, 6) is 0.239. The molecule has 0 atom stereocenters. The highest BCUT2D eigenvalue weighted by Gasteiger charge is 2.17. The van der Waals surface area contributed by atoms with Crippen LogP contribution in [0.15, 0.2) is 40.3 Å². The van der Waals surface area contributed by atoms with Crippen LogP contribution >= 0.6 is 35.0 Å². The lowest BCUT2D eigenvalue weighted by Gasteiger charge is -2.10. The van der Waals surface area contributed by atoms with Crippen LogP contribution < -0.4 is 0 Å². The molecule has 0 spiro atoms. The van der Waals surface area contributed by atoms with E-state index in [0.29, 0.717) is 32.3 Å². The SMILES string of the molecule is C=C1C(=O)N=C(SCc2ccc(Cl)cc2Cl)N=C1C. The molecule has 0 radical (unpaired) electrons. The van der Waals surface area contributed by atoms with Gasteiger partial charge in [0.2, 0.25) is 0 Å². The van der Waals surface area contributed by atoms with Crippen LogP contribution in [0.25, 0.3) is 0 Å². The number of carbonyl (C=O) groups is 1. The second kappa shape index (κ2) is 5.90. The van der Waals surface area contributed by atoms with E-state index in [1.54, 1.807) is 19.1 Å². The number of hydrogen-bond donors (Lipinski definition) is 0. The maximum Gasteiger partial charge on any atom is 0.280 e. The lowest BCUT2D eigenvalue weighted by molar-refractivity contribution is -0.113. The van der Waals surface area contributed by atoms with Crippen molar-refractivity contribution in [2.24, 2.45) is 9.98 Å². The Hall–Kier alpha value is -1.10. The zero-order valence-corrected chi connectivity index (χ0v) is 12.4. The number of benzene rings is 1. The second-order valence-corrected chi connectivity index (χ2v) is 5.69. The van der Waals surface area contributed by atoms with Crippen molar-refractivity contribution in [1.29, 1.82) is 0 Å². The van der Waals surface area contributed by atoms with E-state index in [0.717, 1.165) is 5.56 Å². The molecule has 98 valence electrons. The van der Waals surface area contributed by atoms with Gasteiger partial charge in [-0.05, 0) is 24.6 Å². The predicted molar refractivity (Wildman–Crippen MR) is 82.4 cm³/mol. The Morgan fingerprint density at radius 2 is 2.05 bits per heavy atom. The number of rotatable bonds is 2. The molecule has 1 aliphatic rings. The molecule has 0 unspecified atom stereocenters. The van der Waals surface area contributed by atoms with Crippen molar-refractivity contribution in [3.63, 3.8) is 0 Å². The molecule has 0 aromatic heterocycles. The van der Waals surface area contributed by atoms with E-state index < -0.39 is 0 Å². The van der Waals surface area contributed by atoms with Gasteiger partial charge in [-0.1, -0.05) is 47.6 Å². The van der Waals surface area contributed by atoms with Crippen LogP contribution in [0.2, 0.25) is 10.0 Å². The van der Waals surface area contributed by atoms with Gasteiger partial charge in [0.15, 0.2) is 5.17 Å². The summed E-state index contributed by atoms with van der Waals surface area (Å²) in [5.41, 5.74) is 1.86. The first-order valence-corrected chi connectivity index (χ1v) is 7.16. The fourth-order valence-electron chi connectivity index (χ4n) is 1.39. The van der Waals surface area contributed by atoms with Crippen LogP contribution in [0.5, 0.6) is 0 Å². The van der Waals surface area contributed by atoms with Gasteiger partial charge in [-0.2, -0.15) is 4.99 Å². The number of aliphatic imine (C=N–C) groups is 2. The Bertz CT molecular complexity index is 623. The normalized spacial score (nSPS) is 15.3. The van der Waals surface area contributed by atoms with E-state index in [4.69, 9.17) is 23.2 Å². The van der Waals surface area contributed by atoms with E-state index in [-0.39, 0.29) is 5.91 Å². The predicted octanol–water partition coefficient (Wildman–Crippen LogP) is 4.14. The average molecular weight is 313 g/mol. The molecule has 6 heteroatoms. The standard InChI is InChI=1S/C13H10Cl2N2OS/c1-7-8(2)16-13(17-12(7)18)19-6-9-3-4-10(14)5-11(9)15/h3-5H,1,6H2,2H3. The van der Waals surface area contributed by atoms with E-state index in [1.807, 2.05) is 6.07 Å². The Labute approximate surface area is 125 Å². The zero-order valence-electron chi connectivity index (χ0n) is 10.1. The third-order valence-electron chi connectivity index (χ3n) is 2.53. The Morgan fingerprint density at radius 3 is 2.68 bits per heavy atom. The van der Waals surface area contributed by atoms with Crippen LogP contribution in [0, 0.1) is 0 Å². The first-order valence-electron chi connectivity index (χ1n) is 5.41. The first-order chi connectivity index (χ1) is 8.97. The fraction of sp³-hybridized carbons (Fsp3) is 0.154. The minimum atomic E-state index is -0.336. The molecule has 1 aromatic carbocycles. The molecule has 1 heterocycles. The van der Waals surface area contributed by atoms with Gasteiger partial charge in [-0.25, -0.2) is 4.99 Å². The van der Waals surface area contributed by atoms with E-state index >= 15 is 0 Å². The summed E-state index contributed by atoms with van der Waals surface area (Å²) in [5, 5.41) is 1.61. The van der Waals surface area contributed by atoms with Crippen LogP contribution in [-0.2, 0) is 10.5 Å². The summed E-state index contributed by atoms with van der Waals surface area (Å²) in [6, 6.07) is 5.30. The Balaban J connectivity index is 2.09. The minimum absolute atomic E-state index is 0.336. The van der Waals surface area contributed by atoms with Crippen molar-refractivity contribution >= 4 is 51.8 Å². The van der Waals surface area contributed by atoms with Crippen molar-refractivity contribution < 1.29 is 4.79 Å². The van der Waals surface area contributed by atoms with E-state index in [9.17, 15) is 4.79 Å². The maximum atomic E-state index is 11.5. The monoisotopic (exact) mass is 312 g/mol. The van der Waals surface area contributed by atoms with Gasteiger partial charge >= 0.3 is 0 Å². The fourth-order valence-corrected chi connectivity index (χ4v) is 2.83. The summed E-state index contributed by atoms with van der Waals surface area (Å²) in [7, 11) is 0. The van der Waals surface area contributed by atoms with Gasteiger partial charge in [-0.3, -0.25) is 4.79 Å². The largest absolute Gasteiger partial charge is 0.280 e. The molecule has 3 nitrogen and oxygen atoms in total. The van der Waals surface area contributed by atoms with E-state index in [2.05, 4.69) is 16.6 Å². The number of nitrogens with zero attached hydrogens (tertiary/aromatic N) is 2. The van der Waals surface area contributed by atoms with Gasteiger partial charge in [0.25, 0.3) is 5.91 Å². The molecule has 1 aliphatic heterocycles. The number of carbonyl (C=O) groups excluding carboxylic acids is 1. The van der Waals surface area contributed by atoms with Crippen LogP contribution in [0.3, 0.4) is 0 Å². The van der Waals surface area contributed by atoms with Gasteiger partial charge in [-0.15, -0.1) is 0 Å². The Morgan fingerprint density at radius 1 is 1.32 bits per heavy atom. The van der Waals surface area contributed by atoms with Crippen LogP contribution in [0.1, 0.15) is 12.5 Å². The number of hydrogen-bond acceptors (Lipinski definition) is 3. The molecule has 0 N–H and O–H groups in total. The molecule has 1 amide bonds. The second-order valence-electron chi connectivity index (χ2n) is 3.90. The van der Waals surface area contributed by atoms with Crippen LogP contribution in [-0.4, -0.2) is 16.8 Å². The quantitative estimate of drug-likeness (QED) is 0.770. The highest BCUT2D eigenvalue weighted by atomic mass is 35.5. The van der Waals surface area contributed by atoms with Gasteiger partial charge in [0.05, 0.1) is 11.3 Å². The molecule has 0 bridgehead atoms. The maximum absolute atomic E-state index is 11.5. The smallest absolute Gasteiger partial charge is 0.267 e. The highest BCUT2D eigenvalue weighted by molar-refractivity contribution is 8.13. The number of thioether (sulfide) groups is 1. The summed E-state index contributed by atoms with van der Waals surface area (Å²) in [4.78, 5) is 19.6. The summed E-state index contributed by atoms with van der Waals surface area (Å²) >= 11 is 13.3. The van der Waals surface area contributed by atoms with Gasteiger partial charge in [0, 0.05) is 15.8 Å². The summed E-state index contributed by atoms with van der Waals surface area (Å²) in [6.07, 6.45) is 0. The molecule has 0 aliphatic carbocycles. The lowest BCUT2D eigenvalue weighted by Crippen LogP contribution is -2.15. The van der Waals surface area contributed by atoms with Crippen molar-refractivity contribution in [3.8, 4) is 0 Å². The minimum Gasteiger partial charge on any atom is -0.267 e.